The number of hydrogen-bond acceptors (Lipinski definition) is 5. The van der Waals surface area contributed by atoms with Crippen LogP contribution in [-0.2, 0) is 11.3 Å². The van der Waals surface area contributed by atoms with Gasteiger partial charge in [-0.15, -0.1) is 0 Å². The molecule has 3 amide bonds. The number of carbonyl (C=O) groups is 2. The number of ether oxygens (including phenoxy) is 3. The molecule has 2 aromatic rings. The fraction of sp³-hybridized carbons (Fsp3) is 0.417. The molecule has 1 unspecified atom stereocenters. The van der Waals surface area contributed by atoms with Crippen LogP contribution in [0.25, 0.3) is 0 Å². The smallest absolute Gasteiger partial charge is 0.321 e. The number of amides is 3. The van der Waals surface area contributed by atoms with Gasteiger partial charge >= 0.3 is 6.03 Å². The summed E-state index contributed by atoms with van der Waals surface area (Å²) in [6, 6.07) is 12.5. The van der Waals surface area contributed by atoms with E-state index < -0.39 is 5.41 Å². The van der Waals surface area contributed by atoms with Crippen LogP contribution in [0.15, 0.2) is 42.5 Å². The highest BCUT2D eigenvalue weighted by atomic mass is 16.5. The molecule has 0 aliphatic carbocycles. The quantitative estimate of drug-likeness (QED) is 0.685. The first-order valence-corrected chi connectivity index (χ1v) is 10.6. The van der Waals surface area contributed by atoms with Gasteiger partial charge in [-0.05, 0) is 37.5 Å². The predicted octanol–water partition coefficient (Wildman–Crippen LogP) is 3.66. The maximum atomic E-state index is 13.0. The van der Waals surface area contributed by atoms with Gasteiger partial charge in [0.15, 0.2) is 0 Å². The van der Waals surface area contributed by atoms with Crippen molar-refractivity contribution in [2.75, 3.05) is 39.7 Å². The minimum atomic E-state index is -0.666. The van der Waals surface area contributed by atoms with Gasteiger partial charge in [-0.1, -0.05) is 12.1 Å². The highest BCUT2D eigenvalue weighted by Crippen LogP contribution is 2.31. The average molecular weight is 442 g/mol. The highest BCUT2D eigenvalue weighted by Gasteiger charge is 2.39. The lowest BCUT2D eigenvalue weighted by atomic mass is 9.81. The Kier molecular flexibility index (Phi) is 7.45. The van der Waals surface area contributed by atoms with E-state index in [1.165, 1.54) is 0 Å². The van der Waals surface area contributed by atoms with Gasteiger partial charge < -0.3 is 29.7 Å². The molecule has 0 bridgehead atoms. The molecule has 172 valence electrons. The highest BCUT2D eigenvalue weighted by molar-refractivity contribution is 5.91. The summed E-state index contributed by atoms with van der Waals surface area (Å²) in [7, 11) is 4.73. The number of nitrogens with one attached hydrogen (secondary N) is 2. The van der Waals surface area contributed by atoms with Crippen LogP contribution < -0.4 is 24.8 Å². The molecule has 32 heavy (non-hydrogen) atoms. The Morgan fingerprint density at radius 1 is 1.00 bits per heavy atom. The van der Waals surface area contributed by atoms with Gasteiger partial charge in [-0.25, -0.2) is 4.79 Å². The van der Waals surface area contributed by atoms with Crippen LogP contribution in [0.1, 0.15) is 25.3 Å². The van der Waals surface area contributed by atoms with E-state index in [1.807, 2.05) is 31.2 Å². The molecule has 2 N–H and O–H groups in total. The Hall–Kier alpha value is -3.42. The van der Waals surface area contributed by atoms with Crippen molar-refractivity contribution in [1.29, 1.82) is 0 Å². The third-order valence-corrected chi connectivity index (χ3v) is 5.72. The first-order valence-electron chi connectivity index (χ1n) is 10.6. The van der Waals surface area contributed by atoms with Crippen LogP contribution >= 0.6 is 0 Å². The number of rotatable bonds is 7. The van der Waals surface area contributed by atoms with Crippen molar-refractivity contribution in [2.45, 2.75) is 26.3 Å². The summed E-state index contributed by atoms with van der Waals surface area (Å²) in [5, 5.41) is 5.90. The van der Waals surface area contributed by atoms with Gasteiger partial charge in [0.25, 0.3) is 0 Å². The van der Waals surface area contributed by atoms with Gasteiger partial charge in [0.1, 0.15) is 17.2 Å². The number of hydrogen-bond donors (Lipinski definition) is 2. The van der Waals surface area contributed by atoms with Crippen molar-refractivity contribution in [3.05, 3.63) is 48.0 Å². The van der Waals surface area contributed by atoms with Crippen molar-refractivity contribution < 1.29 is 23.8 Å². The van der Waals surface area contributed by atoms with E-state index in [4.69, 9.17) is 14.2 Å². The lowest BCUT2D eigenvalue weighted by Crippen LogP contribution is -2.52. The lowest BCUT2D eigenvalue weighted by Gasteiger charge is -2.39. The largest absolute Gasteiger partial charge is 0.497 e. The topological polar surface area (TPSA) is 89.1 Å². The van der Waals surface area contributed by atoms with Crippen LogP contribution in [0.4, 0.5) is 10.5 Å². The van der Waals surface area contributed by atoms with Crippen molar-refractivity contribution in [3.63, 3.8) is 0 Å². The summed E-state index contributed by atoms with van der Waals surface area (Å²) in [6.45, 7) is 3.24. The number of methoxy groups -OCH3 is 3. The van der Waals surface area contributed by atoms with Crippen molar-refractivity contribution in [1.82, 2.24) is 10.2 Å². The second kappa shape index (κ2) is 10.3. The van der Waals surface area contributed by atoms with Crippen LogP contribution in [0, 0.1) is 5.41 Å². The Morgan fingerprint density at radius 3 is 2.34 bits per heavy atom. The number of carbonyl (C=O) groups excluding carboxylic acids is 2. The molecule has 2 aromatic carbocycles. The summed E-state index contributed by atoms with van der Waals surface area (Å²) in [5.41, 5.74) is 0.861. The normalized spacial score (nSPS) is 17.9. The summed E-state index contributed by atoms with van der Waals surface area (Å²) < 4.78 is 15.8. The minimum absolute atomic E-state index is 0.0686. The maximum Gasteiger partial charge on any atom is 0.321 e. The Balaban J connectivity index is 1.62. The number of urea groups is 1. The Labute approximate surface area is 188 Å². The van der Waals surface area contributed by atoms with E-state index in [9.17, 15) is 9.59 Å². The second-order valence-electron chi connectivity index (χ2n) is 8.15. The monoisotopic (exact) mass is 441 g/mol. The van der Waals surface area contributed by atoms with Crippen LogP contribution in [0.3, 0.4) is 0 Å². The van der Waals surface area contributed by atoms with Crippen LogP contribution in [0.5, 0.6) is 17.2 Å². The van der Waals surface area contributed by atoms with Crippen molar-refractivity contribution in [3.8, 4) is 17.2 Å². The molecule has 1 heterocycles. The fourth-order valence-electron chi connectivity index (χ4n) is 3.86. The van der Waals surface area contributed by atoms with E-state index in [1.54, 1.807) is 44.4 Å². The van der Waals surface area contributed by atoms with E-state index >= 15 is 0 Å². The number of benzene rings is 2. The standard InChI is InChI=1S/C24H31N3O5/c1-24(22(28)25-15-17-7-5-8-19(11-17)30-2)9-6-10-27(16-24)23(29)26-18-12-20(31-3)14-21(13-18)32-4/h5,7-8,11-14H,6,9-10,15-16H2,1-4H3,(H,25,28)(H,26,29). The molecule has 1 aliphatic heterocycles. The third kappa shape index (κ3) is 5.63. The zero-order valence-electron chi connectivity index (χ0n) is 19.1. The molecule has 0 radical (unpaired) electrons. The molecule has 1 atom stereocenters. The van der Waals surface area contributed by atoms with E-state index in [2.05, 4.69) is 10.6 Å². The van der Waals surface area contributed by atoms with Gasteiger partial charge in [0.05, 0.1) is 26.7 Å². The molecule has 1 fully saturated rings. The third-order valence-electron chi connectivity index (χ3n) is 5.72. The zero-order chi connectivity index (χ0) is 23.1. The van der Waals surface area contributed by atoms with Crippen molar-refractivity contribution in [2.24, 2.45) is 5.41 Å². The number of anilines is 1. The summed E-state index contributed by atoms with van der Waals surface area (Å²) in [6.07, 6.45) is 1.46. The predicted molar refractivity (Wildman–Crippen MR) is 122 cm³/mol. The molecule has 8 heteroatoms. The van der Waals surface area contributed by atoms with Gasteiger partial charge in [-0.3, -0.25) is 4.79 Å². The molecule has 1 saturated heterocycles. The number of nitrogens with zero attached hydrogens (tertiary/aromatic N) is 1. The molecule has 0 aromatic heterocycles. The lowest BCUT2D eigenvalue weighted by molar-refractivity contribution is -0.132. The number of likely N-dealkylation sites (tertiary alicyclic amines) is 1. The zero-order valence-corrected chi connectivity index (χ0v) is 19.1. The van der Waals surface area contributed by atoms with E-state index in [0.29, 0.717) is 43.2 Å². The second-order valence-corrected chi connectivity index (χ2v) is 8.15. The SMILES string of the molecule is COc1cccc(CNC(=O)C2(C)CCCN(C(=O)Nc3cc(OC)cc(OC)c3)C2)c1. The summed E-state index contributed by atoms with van der Waals surface area (Å²) in [4.78, 5) is 27.6. The summed E-state index contributed by atoms with van der Waals surface area (Å²) in [5.74, 6) is 1.85. The number of piperidine rings is 1. The van der Waals surface area contributed by atoms with E-state index in [0.717, 1.165) is 17.7 Å². The maximum absolute atomic E-state index is 13.0. The van der Waals surface area contributed by atoms with Crippen molar-refractivity contribution >= 4 is 17.6 Å². The first-order chi connectivity index (χ1) is 15.4. The van der Waals surface area contributed by atoms with Gasteiger partial charge in [-0.2, -0.15) is 0 Å². The molecule has 8 nitrogen and oxygen atoms in total. The molecular formula is C24H31N3O5. The molecule has 3 rings (SSSR count). The summed E-state index contributed by atoms with van der Waals surface area (Å²) >= 11 is 0. The molecular weight excluding hydrogens is 410 g/mol. The van der Waals surface area contributed by atoms with E-state index in [-0.39, 0.29) is 11.9 Å². The Bertz CT molecular complexity index is 942. The minimum Gasteiger partial charge on any atom is -0.497 e. The van der Waals surface area contributed by atoms with Gasteiger partial charge in [0.2, 0.25) is 5.91 Å². The average Bonchev–Trinajstić information content (AvgIpc) is 2.82. The van der Waals surface area contributed by atoms with Gasteiger partial charge in [0, 0.05) is 43.5 Å². The first kappa shape index (κ1) is 23.2. The molecule has 1 aliphatic rings. The fourth-order valence-corrected chi connectivity index (χ4v) is 3.86. The Morgan fingerprint density at radius 2 is 1.69 bits per heavy atom. The molecule has 0 spiro atoms. The molecule has 0 saturated carbocycles. The van der Waals surface area contributed by atoms with Crippen LogP contribution in [0.2, 0.25) is 0 Å². The van der Waals surface area contributed by atoms with Crippen LogP contribution in [-0.4, -0.2) is 51.3 Å².